The zero-order valence-corrected chi connectivity index (χ0v) is 12.7. The van der Waals surface area contributed by atoms with E-state index < -0.39 is 0 Å². The maximum Gasteiger partial charge on any atom is 0.132 e. The van der Waals surface area contributed by atoms with Gasteiger partial charge in [0.1, 0.15) is 11.5 Å². The number of ether oxygens (including phenoxy) is 1. The highest BCUT2D eigenvalue weighted by atomic mass is 16.5. The third-order valence-electron chi connectivity index (χ3n) is 3.45. The molecule has 0 saturated heterocycles. The molecule has 0 amide bonds. The van der Waals surface area contributed by atoms with E-state index in [0.717, 1.165) is 17.1 Å². The molecule has 0 aromatic heterocycles. The summed E-state index contributed by atoms with van der Waals surface area (Å²) in [7, 11) is 0. The lowest BCUT2D eigenvalue weighted by Gasteiger charge is -2.17. The number of benzene rings is 2. The zero-order valence-electron chi connectivity index (χ0n) is 12.7. The van der Waals surface area contributed by atoms with Crippen LogP contribution in [0.1, 0.15) is 42.0 Å². The summed E-state index contributed by atoms with van der Waals surface area (Å²) < 4.78 is 6.17. The Balaban J connectivity index is 2.44. The molecule has 2 rings (SSSR count). The fraction of sp³-hybridized carbons (Fsp3) is 0.333. The molecule has 2 N–H and O–H groups in total. The van der Waals surface area contributed by atoms with Crippen LogP contribution in [0.4, 0.5) is 0 Å². The molecular weight excluding hydrogens is 246 g/mol. The number of hydrogen-bond acceptors (Lipinski definition) is 2. The second kappa shape index (κ2) is 6.10. The molecule has 0 bridgehead atoms. The highest BCUT2D eigenvalue weighted by Gasteiger charge is 2.11. The Morgan fingerprint density at radius 2 is 1.55 bits per heavy atom. The van der Waals surface area contributed by atoms with Gasteiger partial charge in [-0.25, -0.2) is 0 Å². The van der Waals surface area contributed by atoms with Gasteiger partial charge in [0.15, 0.2) is 0 Å². The van der Waals surface area contributed by atoms with E-state index in [-0.39, 0.29) is 0 Å². The fourth-order valence-electron chi connectivity index (χ4n) is 2.25. The summed E-state index contributed by atoms with van der Waals surface area (Å²) in [5.74, 6) is 2.22. The largest absolute Gasteiger partial charge is 0.457 e. The topological polar surface area (TPSA) is 35.2 Å². The zero-order chi connectivity index (χ0) is 14.7. The van der Waals surface area contributed by atoms with Gasteiger partial charge in [0.2, 0.25) is 0 Å². The van der Waals surface area contributed by atoms with Crippen LogP contribution in [-0.2, 0) is 6.54 Å². The van der Waals surface area contributed by atoms with Crippen molar-refractivity contribution >= 4 is 0 Å². The highest BCUT2D eigenvalue weighted by molar-refractivity contribution is 5.45. The molecular formula is C18H23NO. The molecule has 0 unspecified atom stereocenters. The molecule has 0 radical (unpaired) electrons. The van der Waals surface area contributed by atoms with Gasteiger partial charge in [0.05, 0.1) is 0 Å². The van der Waals surface area contributed by atoms with E-state index in [1.54, 1.807) is 0 Å². The van der Waals surface area contributed by atoms with Gasteiger partial charge in [-0.1, -0.05) is 38.1 Å². The van der Waals surface area contributed by atoms with Gasteiger partial charge in [-0.3, -0.25) is 0 Å². The van der Waals surface area contributed by atoms with Crippen LogP contribution in [0.5, 0.6) is 11.5 Å². The van der Waals surface area contributed by atoms with Gasteiger partial charge in [-0.2, -0.15) is 0 Å². The van der Waals surface area contributed by atoms with Crippen molar-refractivity contribution in [2.75, 3.05) is 0 Å². The lowest BCUT2D eigenvalue weighted by molar-refractivity contribution is 0.466. The van der Waals surface area contributed by atoms with Gasteiger partial charge in [0.25, 0.3) is 0 Å². The first-order chi connectivity index (χ1) is 9.51. The predicted molar refractivity (Wildman–Crippen MR) is 84.4 cm³/mol. The molecule has 20 heavy (non-hydrogen) atoms. The summed E-state index contributed by atoms with van der Waals surface area (Å²) in [6, 6.07) is 12.5. The van der Waals surface area contributed by atoms with E-state index in [4.69, 9.17) is 10.5 Å². The Labute approximate surface area is 121 Å². The summed E-state index contributed by atoms with van der Waals surface area (Å²) >= 11 is 0. The quantitative estimate of drug-likeness (QED) is 0.874. The molecule has 2 heteroatoms. The third-order valence-corrected chi connectivity index (χ3v) is 3.45. The average Bonchev–Trinajstić information content (AvgIpc) is 2.38. The second-order valence-electron chi connectivity index (χ2n) is 5.61. The summed E-state index contributed by atoms with van der Waals surface area (Å²) in [5.41, 5.74) is 10.4. The van der Waals surface area contributed by atoms with Gasteiger partial charge in [0, 0.05) is 12.1 Å². The Kier molecular flexibility index (Phi) is 4.46. The molecule has 0 aliphatic heterocycles. The molecule has 0 atom stereocenters. The van der Waals surface area contributed by atoms with Crippen LogP contribution in [-0.4, -0.2) is 0 Å². The maximum absolute atomic E-state index is 6.17. The Hall–Kier alpha value is -1.80. The number of hydrogen-bond donors (Lipinski definition) is 1. The molecule has 106 valence electrons. The summed E-state index contributed by atoms with van der Waals surface area (Å²) in [5, 5.41) is 0. The summed E-state index contributed by atoms with van der Waals surface area (Å²) in [4.78, 5) is 0. The predicted octanol–water partition coefficient (Wildman–Crippen LogP) is 4.68. The van der Waals surface area contributed by atoms with Gasteiger partial charge in [-0.05, 0) is 48.6 Å². The molecule has 2 aromatic rings. The normalized spacial score (nSPS) is 10.9. The number of nitrogens with two attached hydrogens (primary N) is 1. The third kappa shape index (κ3) is 3.20. The Morgan fingerprint density at radius 3 is 2.15 bits per heavy atom. The average molecular weight is 269 g/mol. The number of aryl methyl sites for hydroxylation is 2. The van der Waals surface area contributed by atoms with E-state index in [1.807, 2.05) is 6.07 Å². The van der Waals surface area contributed by atoms with Crippen molar-refractivity contribution in [2.24, 2.45) is 5.73 Å². The van der Waals surface area contributed by atoms with E-state index in [0.29, 0.717) is 12.5 Å². The van der Waals surface area contributed by atoms with Crippen molar-refractivity contribution in [1.29, 1.82) is 0 Å². The van der Waals surface area contributed by atoms with Crippen LogP contribution in [0.25, 0.3) is 0 Å². The molecule has 0 spiro atoms. The smallest absolute Gasteiger partial charge is 0.132 e. The lowest BCUT2D eigenvalue weighted by atomic mass is 10.0. The van der Waals surface area contributed by atoms with Gasteiger partial charge < -0.3 is 10.5 Å². The number of rotatable bonds is 4. The minimum atomic E-state index is 0.428. The van der Waals surface area contributed by atoms with Gasteiger partial charge in [-0.15, -0.1) is 0 Å². The van der Waals surface area contributed by atoms with E-state index in [2.05, 4.69) is 58.0 Å². The fourth-order valence-corrected chi connectivity index (χ4v) is 2.25. The first kappa shape index (κ1) is 14.6. The second-order valence-corrected chi connectivity index (χ2v) is 5.61. The molecule has 0 saturated carbocycles. The monoisotopic (exact) mass is 269 g/mol. The minimum absolute atomic E-state index is 0.428. The SMILES string of the molecule is Cc1ccc(CN)c(Oc2cc(C)ccc2C(C)C)c1. The first-order valence-corrected chi connectivity index (χ1v) is 7.09. The van der Waals surface area contributed by atoms with E-state index in [9.17, 15) is 0 Å². The molecule has 2 nitrogen and oxygen atoms in total. The van der Waals surface area contributed by atoms with Crippen LogP contribution < -0.4 is 10.5 Å². The Morgan fingerprint density at radius 1 is 0.950 bits per heavy atom. The molecule has 0 aliphatic rings. The van der Waals surface area contributed by atoms with Crippen molar-refractivity contribution in [2.45, 2.75) is 40.2 Å². The van der Waals surface area contributed by atoms with Crippen molar-refractivity contribution < 1.29 is 4.74 Å². The van der Waals surface area contributed by atoms with Crippen LogP contribution in [0.3, 0.4) is 0 Å². The minimum Gasteiger partial charge on any atom is -0.457 e. The van der Waals surface area contributed by atoms with Crippen molar-refractivity contribution in [3.63, 3.8) is 0 Å². The van der Waals surface area contributed by atoms with Crippen LogP contribution in [0.2, 0.25) is 0 Å². The van der Waals surface area contributed by atoms with Crippen molar-refractivity contribution in [1.82, 2.24) is 0 Å². The van der Waals surface area contributed by atoms with Crippen molar-refractivity contribution in [3.05, 3.63) is 58.7 Å². The highest BCUT2D eigenvalue weighted by Crippen LogP contribution is 2.33. The molecule has 0 fully saturated rings. The van der Waals surface area contributed by atoms with Crippen LogP contribution in [0.15, 0.2) is 36.4 Å². The first-order valence-electron chi connectivity index (χ1n) is 7.09. The van der Waals surface area contributed by atoms with Crippen LogP contribution >= 0.6 is 0 Å². The summed E-state index contributed by atoms with van der Waals surface area (Å²) in [6.07, 6.45) is 0. The standard InChI is InChI=1S/C18H23NO/c1-12(2)16-8-6-14(4)10-18(16)20-17-9-13(3)5-7-15(17)11-19/h5-10,12H,11,19H2,1-4H3. The van der Waals surface area contributed by atoms with Crippen molar-refractivity contribution in [3.8, 4) is 11.5 Å². The van der Waals surface area contributed by atoms with E-state index in [1.165, 1.54) is 16.7 Å². The Bertz CT molecular complexity index is 602. The summed E-state index contributed by atoms with van der Waals surface area (Å²) in [6.45, 7) is 8.98. The van der Waals surface area contributed by atoms with Crippen LogP contribution in [0, 0.1) is 13.8 Å². The maximum atomic E-state index is 6.17. The molecule has 2 aromatic carbocycles. The molecule has 0 aliphatic carbocycles. The van der Waals surface area contributed by atoms with E-state index >= 15 is 0 Å². The lowest BCUT2D eigenvalue weighted by Crippen LogP contribution is -2.01. The van der Waals surface area contributed by atoms with Gasteiger partial charge >= 0.3 is 0 Å². The molecule has 0 heterocycles.